The maximum Gasteiger partial charge on any atom is 0.223 e. The van der Waals surface area contributed by atoms with E-state index in [1.807, 2.05) is 47.4 Å². The summed E-state index contributed by atoms with van der Waals surface area (Å²) >= 11 is 6.00. The quantitative estimate of drug-likeness (QED) is 0.916. The molecule has 2 aromatic carbocycles. The number of benzene rings is 2. The van der Waals surface area contributed by atoms with Crippen LogP contribution < -0.4 is 0 Å². The molecule has 1 aliphatic heterocycles. The second kappa shape index (κ2) is 7.82. The van der Waals surface area contributed by atoms with Crippen molar-refractivity contribution < 1.29 is 9.90 Å². The summed E-state index contributed by atoms with van der Waals surface area (Å²) in [5.74, 6) is 0.161. The Bertz CT molecular complexity index is 664. The molecule has 1 atom stereocenters. The third kappa shape index (κ3) is 4.16. The first-order valence-corrected chi connectivity index (χ1v) is 8.77. The van der Waals surface area contributed by atoms with Crippen molar-refractivity contribution in [3.8, 4) is 0 Å². The standard InChI is InChI=1S/C20H22ClNO2/c21-17-8-6-16(7-9-17)19(15-4-2-1-3-5-15)14-20(24)22-12-10-18(23)11-13-22/h1-9,18-19,23H,10-14H2. The van der Waals surface area contributed by atoms with Gasteiger partial charge in [-0.1, -0.05) is 54.1 Å². The van der Waals surface area contributed by atoms with Crippen LogP contribution in [0.5, 0.6) is 0 Å². The van der Waals surface area contributed by atoms with Gasteiger partial charge in [0.15, 0.2) is 0 Å². The van der Waals surface area contributed by atoms with Gasteiger partial charge < -0.3 is 10.0 Å². The molecule has 1 aliphatic rings. The Morgan fingerprint density at radius 1 is 1.04 bits per heavy atom. The Kier molecular flexibility index (Phi) is 5.54. The van der Waals surface area contributed by atoms with E-state index in [0.29, 0.717) is 37.4 Å². The van der Waals surface area contributed by atoms with Crippen LogP contribution in [0.3, 0.4) is 0 Å². The lowest BCUT2D eigenvalue weighted by atomic mass is 9.88. The molecule has 126 valence electrons. The van der Waals surface area contributed by atoms with E-state index in [1.54, 1.807) is 0 Å². The Morgan fingerprint density at radius 2 is 1.62 bits per heavy atom. The SMILES string of the molecule is O=C(CC(c1ccccc1)c1ccc(Cl)cc1)N1CCC(O)CC1. The minimum absolute atomic E-state index is 0.0165. The highest BCUT2D eigenvalue weighted by Gasteiger charge is 2.25. The van der Waals surface area contributed by atoms with E-state index < -0.39 is 0 Å². The predicted octanol–water partition coefficient (Wildman–Crippen LogP) is 3.85. The number of amides is 1. The average molecular weight is 344 g/mol. The molecule has 0 aliphatic carbocycles. The number of rotatable bonds is 4. The number of hydrogen-bond acceptors (Lipinski definition) is 2. The van der Waals surface area contributed by atoms with Gasteiger partial charge in [-0.15, -0.1) is 0 Å². The molecule has 0 bridgehead atoms. The molecule has 0 spiro atoms. The van der Waals surface area contributed by atoms with Crippen molar-refractivity contribution in [1.82, 2.24) is 4.90 Å². The van der Waals surface area contributed by atoms with E-state index in [1.165, 1.54) is 0 Å². The van der Waals surface area contributed by atoms with E-state index in [9.17, 15) is 9.90 Å². The minimum Gasteiger partial charge on any atom is -0.393 e. The normalized spacial score (nSPS) is 16.8. The van der Waals surface area contributed by atoms with Crippen LogP contribution in [-0.2, 0) is 4.79 Å². The molecule has 0 radical (unpaired) electrons. The van der Waals surface area contributed by atoms with E-state index in [4.69, 9.17) is 11.6 Å². The van der Waals surface area contributed by atoms with Gasteiger partial charge >= 0.3 is 0 Å². The zero-order chi connectivity index (χ0) is 16.9. The van der Waals surface area contributed by atoms with Gasteiger partial charge in [-0.05, 0) is 36.1 Å². The van der Waals surface area contributed by atoms with E-state index >= 15 is 0 Å². The van der Waals surface area contributed by atoms with Crippen LogP contribution in [0.2, 0.25) is 5.02 Å². The molecule has 1 amide bonds. The van der Waals surface area contributed by atoms with E-state index in [-0.39, 0.29) is 17.9 Å². The van der Waals surface area contributed by atoms with Gasteiger partial charge in [-0.3, -0.25) is 4.79 Å². The van der Waals surface area contributed by atoms with E-state index in [2.05, 4.69) is 12.1 Å². The van der Waals surface area contributed by atoms with Crippen LogP contribution in [0.15, 0.2) is 54.6 Å². The molecular formula is C20H22ClNO2. The maximum atomic E-state index is 12.7. The molecule has 1 saturated heterocycles. The highest BCUT2D eigenvalue weighted by atomic mass is 35.5. The van der Waals surface area contributed by atoms with Crippen LogP contribution in [0.4, 0.5) is 0 Å². The van der Waals surface area contributed by atoms with Crippen molar-refractivity contribution in [1.29, 1.82) is 0 Å². The lowest BCUT2D eigenvalue weighted by Crippen LogP contribution is -2.40. The highest BCUT2D eigenvalue weighted by molar-refractivity contribution is 6.30. The summed E-state index contributed by atoms with van der Waals surface area (Å²) in [7, 11) is 0. The summed E-state index contributed by atoms with van der Waals surface area (Å²) < 4.78 is 0. The molecule has 2 aromatic rings. The largest absolute Gasteiger partial charge is 0.393 e. The van der Waals surface area contributed by atoms with Gasteiger partial charge in [-0.2, -0.15) is 0 Å². The lowest BCUT2D eigenvalue weighted by molar-refractivity contribution is -0.133. The van der Waals surface area contributed by atoms with Crippen molar-refractivity contribution in [2.24, 2.45) is 0 Å². The number of piperidine rings is 1. The van der Waals surface area contributed by atoms with Gasteiger partial charge in [-0.25, -0.2) is 0 Å². The second-order valence-corrected chi connectivity index (χ2v) is 6.77. The summed E-state index contributed by atoms with van der Waals surface area (Å²) in [5, 5.41) is 10.3. The highest BCUT2D eigenvalue weighted by Crippen LogP contribution is 2.30. The summed E-state index contributed by atoms with van der Waals surface area (Å²) in [6, 6.07) is 17.8. The fourth-order valence-electron chi connectivity index (χ4n) is 3.23. The van der Waals surface area contributed by atoms with Crippen molar-refractivity contribution in [3.63, 3.8) is 0 Å². The lowest BCUT2D eigenvalue weighted by Gasteiger charge is -2.31. The van der Waals surface area contributed by atoms with Gasteiger partial charge in [0.2, 0.25) is 5.91 Å². The Balaban J connectivity index is 1.80. The Morgan fingerprint density at radius 3 is 2.25 bits per heavy atom. The van der Waals surface area contributed by atoms with Crippen molar-refractivity contribution in [2.45, 2.75) is 31.3 Å². The molecular weight excluding hydrogens is 322 g/mol. The van der Waals surface area contributed by atoms with Crippen molar-refractivity contribution in [3.05, 3.63) is 70.7 Å². The molecule has 1 unspecified atom stereocenters. The molecule has 1 N–H and O–H groups in total. The van der Waals surface area contributed by atoms with Gasteiger partial charge in [0.25, 0.3) is 0 Å². The van der Waals surface area contributed by atoms with E-state index in [0.717, 1.165) is 11.1 Å². The van der Waals surface area contributed by atoms with Gasteiger partial charge in [0.05, 0.1) is 6.10 Å². The van der Waals surface area contributed by atoms with Crippen LogP contribution in [-0.4, -0.2) is 35.1 Å². The summed E-state index contributed by atoms with van der Waals surface area (Å²) in [5.41, 5.74) is 2.22. The van der Waals surface area contributed by atoms with Gasteiger partial charge in [0, 0.05) is 30.5 Å². The third-order valence-corrected chi connectivity index (χ3v) is 4.92. The fourth-order valence-corrected chi connectivity index (χ4v) is 3.35. The fraction of sp³-hybridized carbons (Fsp3) is 0.350. The molecule has 0 aromatic heterocycles. The first kappa shape index (κ1) is 17.0. The first-order valence-electron chi connectivity index (χ1n) is 8.40. The molecule has 3 rings (SSSR count). The number of aliphatic hydroxyl groups is 1. The zero-order valence-corrected chi connectivity index (χ0v) is 14.3. The summed E-state index contributed by atoms with van der Waals surface area (Å²) in [4.78, 5) is 14.6. The molecule has 4 heteroatoms. The summed E-state index contributed by atoms with van der Waals surface area (Å²) in [6.45, 7) is 1.28. The number of halogens is 1. The summed E-state index contributed by atoms with van der Waals surface area (Å²) in [6.07, 6.45) is 1.50. The Labute approximate surface area is 147 Å². The molecule has 3 nitrogen and oxygen atoms in total. The molecule has 1 fully saturated rings. The number of aliphatic hydroxyl groups excluding tert-OH is 1. The average Bonchev–Trinajstić information content (AvgIpc) is 2.62. The van der Waals surface area contributed by atoms with Crippen molar-refractivity contribution >= 4 is 17.5 Å². The number of carbonyl (C=O) groups is 1. The van der Waals surface area contributed by atoms with Gasteiger partial charge in [0.1, 0.15) is 0 Å². The monoisotopic (exact) mass is 343 g/mol. The second-order valence-electron chi connectivity index (χ2n) is 6.33. The zero-order valence-electron chi connectivity index (χ0n) is 13.6. The molecule has 1 heterocycles. The van der Waals surface area contributed by atoms with Crippen LogP contribution in [0.1, 0.15) is 36.3 Å². The van der Waals surface area contributed by atoms with Crippen LogP contribution >= 0.6 is 11.6 Å². The molecule has 24 heavy (non-hydrogen) atoms. The number of likely N-dealkylation sites (tertiary alicyclic amines) is 1. The minimum atomic E-state index is -0.268. The van der Waals surface area contributed by atoms with Crippen molar-refractivity contribution in [2.75, 3.05) is 13.1 Å². The number of carbonyl (C=O) groups excluding carboxylic acids is 1. The number of hydrogen-bond donors (Lipinski definition) is 1. The Hall–Kier alpha value is -1.84. The predicted molar refractivity (Wildman–Crippen MR) is 96.2 cm³/mol. The smallest absolute Gasteiger partial charge is 0.223 e. The molecule has 0 saturated carbocycles. The van der Waals surface area contributed by atoms with Crippen LogP contribution in [0, 0.1) is 0 Å². The first-order chi connectivity index (χ1) is 11.6. The third-order valence-electron chi connectivity index (χ3n) is 4.67. The maximum absolute atomic E-state index is 12.7. The van der Waals surface area contributed by atoms with Crippen LogP contribution in [0.25, 0.3) is 0 Å². The number of nitrogens with zero attached hydrogens (tertiary/aromatic N) is 1. The topological polar surface area (TPSA) is 40.5 Å².